The van der Waals surface area contributed by atoms with Crippen molar-refractivity contribution in [1.82, 2.24) is 15.5 Å². The summed E-state index contributed by atoms with van der Waals surface area (Å²) in [5.41, 5.74) is 0.538. The Kier molecular flexibility index (Phi) is 4.26. The monoisotopic (exact) mass is 424 g/mol. The van der Waals surface area contributed by atoms with Gasteiger partial charge in [-0.15, -0.1) is 11.3 Å². The zero-order chi connectivity index (χ0) is 20.3. The van der Waals surface area contributed by atoms with Crippen LogP contribution in [0.25, 0.3) is 10.4 Å². The molecule has 2 aromatic heterocycles. The lowest BCUT2D eigenvalue weighted by Crippen LogP contribution is -2.50. The molecule has 3 N–H and O–H groups in total. The van der Waals surface area contributed by atoms with E-state index in [-0.39, 0.29) is 27.7 Å². The van der Waals surface area contributed by atoms with Gasteiger partial charge in [0, 0.05) is 30.8 Å². The third-order valence-electron chi connectivity index (χ3n) is 4.41. The second-order valence-electron chi connectivity index (χ2n) is 6.51. The molecule has 0 fully saturated rings. The lowest BCUT2D eigenvalue weighted by Gasteiger charge is -2.35. The lowest BCUT2D eigenvalue weighted by atomic mass is 10.1. The molecule has 2 aliphatic rings. The number of nitrogens with one attached hydrogen (secondary N) is 2. The largest absolute Gasteiger partial charge is 0.427 e. The number of nitrogens with zero attached hydrogens (tertiary/aromatic N) is 2. The van der Waals surface area contributed by atoms with E-state index >= 15 is 0 Å². The van der Waals surface area contributed by atoms with E-state index in [4.69, 9.17) is 4.74 Å². The van der Waals surface area contributed by atoms with Crippen LogP contribution < -0.4 is 15.0 Å². The number of carbonyl (C=O) groups is 1. The summed E-state index contributed by atoms with van der Waals surface area (Å²) in [6.07, 6.45) is -9.19. The first-order chi connectivity index (χ1) is 13.0. The summed E-state index contributed by atoms with van der Waals surface area (Å²) in [5.74, 6) is -0.934. The van der Waals surface area contributed by atoms with E-state index in [1.54, 1.807) is 0 Å². The van der Waals surface area contributed by atoms with Crippen molar-refractivity contribution < 1.29 is 36.6 Å². The van der Waals surface area contributed by atoms with Gasteiger partial charge in [-0.05, 0) is 0 Å². The summed E-state index contributed by atoms with van der Waals surface area (Å²) in [6, 6.07) is -1.18. The Labute approximate surface area is 158 Å². The number of alkyl halides is 5. The van der Waals surface area contributed by atoms with Crippen LogP contribution in [0.4, 0.5) is 27.6 Å². The topological polar surface area (TPSA) is 90.5 Å². The molecule has 0 saturated heterocycles. The molecule has 1 amide bonds. The minimum absolute atomic E-state index is 0.0469. The second kappa shape index (κ2) is 6.30. The molecule has 0 bridgehead atoms. The number of hydrogen-bond acceptors (Lipinski definition) is 6. The van der Waals surface area contributed by atoms with Gasteiger partial charge in [-0.2, -0.15) is 27.1 Å². The van der Waals surface area contributed by atoms with Gasteiger partial charge < -0.3 is 20.1 Å². The van der Waals surface area contributed by atoms with E-state index in [0.717, 1.165) is 16.2 Å². The molecule has 2 aliphatic heterocycles. The molecule has 2 atom stereocenters. The van der Waals surface area contributed by atoms with E-state index in [0.29, 0.717) is 5.56 Å². The Bertz CT molecular complexity index is 898. The van der Waals surface area contributed by atoms with Crippen LogP contribution in [0.1, 0.15) is 16.1 Å². The molecule has 7 nitrogen and oxygen atoms in total. The van der Waals surface area contributed by atoms with E-state index in [2.05, 4.69) is 15.5 Å². The van der Waals surface area contributed by atoms with Gasteiger partial charge in [0.15, 0.2) is 11.9 Å². The average Bonchev–Trinajstić information content (AvgIpc) is 3.17. The Hall–Kier alpha value is -2.41. The van der Waals surface area contributed by atoms with Crippen molar-refractivity contribution in [2.45, 2.75) is 30.9 Å². The molecule has 0 aromatic carbocycles. The van der Waals surface area contributed by atoms with Gasteiger partial charge in [0.1, 0.15) is 17.1 Å². The van der Waals surface area contributed by atoms with Crippen molar-refractivity contribution in [3.63, 3.8) is 0 Å². The third kappa shape index (κ3) is 3.28. The third-order valence-corrected chi connectivity index (χ3v) is 5.62. The number of aromatic amines is 1. The number of aliphatic hydroxyl groups is 1. The quantitative estimate of drug-likeness (QED) is 0.659. The number of carbonyl (C=O) groups excluding carboxylic acids is 1. The zero-order valence-corrected chi connectivity index (χ0v) is 14.7. The molecule has 0 radical (unpaired) electrons. The normalized spacial score (nSPS) is 22.1. The van der Waals surface area contributed by atoms with Crippen LogP contribution in [0, 0.1) is 0 Å². The van der Waals surface area contributed by atoms with Crippen LogP contribution in [0.3, 0.4) is 0 Å². The first kappa shape index (κ1) is 18.9. The molecule has 0 spiro atoms. The molecule has 4 rings (SSSR count). The highest BCUT2D eigenvalue weighted by Crippen LogP contribution is 2.53. The predicted molar refractivity (Wildman–Crippen MR) is 87.6 cm³/mol. The molecule has 28 heavy (non-hydrogen) atoms. The number of aromatic nitrogens is 2. The molecule has 13 heteroatoms. The van der Waals surface area contributed by atoms with Gasteiger partial charge in [0.25, 0.3) is 5.91 Å². The van der Waals surface area contributed by atoms with Crippen molar-refractivity contribution >= 4 is 22.9 Å². The fraction of sp³-hybridized carbons (Fsp3) is 0.467. The van der Waals surface area contributed by atoms with E-state index in [1.165, 1.54) is 12.4 Å². The van der Waals surface area contributed by atoms with Crippen LogP contribution >= 0.6 is 11.3 Å². The number of rotatable bonds is 3. The number of thiophene rings is 1. The number of amides is 1. The van der Waals surface area contributed by atoms with Crippen molar-refractivity contribution in [3.05, 3.63) is 17.3 Å². The van der Waals surface area contributed by atoms with Crippen molar-refractivity contribution in [3.8, 4) is 16.2 Å². The summed E-state index contributed by atoms with van der Waals surface area (Å²) < 4.78 is 71.2. The summed E-state index contributed by atoms with van der Waals surface area (Å²) in [6.45, 7) is -1.26. The Morgan fingerprint density at radius 2 is 2.18 bits per heavy atom. The first-order valence-corrected chi connectivity index (χ1v) is 8.90. The Morgan fingerprint density at radius 1 is 1.43 bits per heavy atom. The minimum atomic E-state index is -4.88. The molecular formula is C15H13F5N4O3S. The molecular weight excluding hydrogens is 411 g/mol. The minimum Gasteiger partial charge on any atom is -0.427 e. The summed E-state index contributed by atoms with van der Waals surface area (Å²) >= 11 is 0.880. The standard InChI is InChI=1S/C15H13F5N4O3S/c16-14(17)5-24-4-7(1-8(25)15(18,19)20)23-13(26)12-9(24)10(27-14)11(28-12)6-2-21-22-3-6/h2-3,7-8,25H,1,4-5H2,(H,21,22)(H,23,26)/t7-,8-/m1/s1. The highest BCUT2D eigenvalue weighted by atomic mass is 32.1. The molecule has 4 heterocycles. The zero-order valence-electron chi connectivity index (χ0n) is 13.9. The Morgan fingerprint density at radius 3 is 2.82 bits per heavy atom. The van der Waals surface area contributed by atoms with Gasteiger partial charge in [0.2, 0.25) is 0 Å². The van der Waals surface area contributed by atoms with Gasteiger partial charge in [-0.1, -0.05) is 0 Å². The smallest absolute Gasteiger partial charge is 0.416 e. The molecule has 0 saturated carbocycles. The average molecular weight is 424 g/mol. The number of hydrogen-bond donors (Lipinski definition) is 3. The SMILES string of the molecule is O=C1N[C@H](C[C@@H](O)C(F)(F)F)CN2CC(F)(F)Oc3c(-c4cn[nH]c4)sc1c32. The predicted octanol–water partition coefficient (Wildman–Crippen LogP) is 2.36. The van der Waals surface area contributed by atoms with Gasteiger partial charge in [-0.3, -0.25) is 9.89 Å². The van der Waals surface area contributed by atoms with E-state index < -0.39 is 43.3 Å². The van der Waals surface area contributed by atoms with Crippen molar-refractivity contribution in [2.24, 2.45) is 0 Å². The second-order valence-corrected chi connectivity index (χ2v) is 7.53. The first-order valence-electron chi connectivity index (χ1n) is 8.08. The molecule has 0 unspecified atom stereocenters. The molecule has 2 aromatic rings. The van der Waals surface area contributed by atoms with Gasteiger partial charge in [-0.25, -0.2) is 0 Å². The Balaban J connectivity index is 1.73. The van der Waals surface area contributed by atoms with Crippen LogP contribution in [-0.4, -0.2) is 58.7 Å². The van der Waals surface area contributed by atoms with Crippen LogP contribution in [0.2, 0.25) is 0 Å². The summed E-state index contributed by atoms with van der Waals surface area (Å²) in [4.78, 5) is 14.0. The van der Waals surface area contributed by atoms with E-state index in [9.17, 15) is 31.9 Å². The van der Waals surface area contributed by atoms with Crippen LogP contribution in [0.15, 0.2) is 12.4 Å². The van der Waals surface area contributed by atoms with Gasteiger partial charge in [0.05, 0.1) is 11.1 Å². The van der Waals surface area contributed by atoms with Crippen LogP contribution in [0.5, 0.6) is 5.75 Å². The van der Waals surface area contributed by atoms with Crippen molar-refractivity contribution in [1.29, 1.82) is 0 Å². The van der Waals surface area contributed by atoms with E-state index in [1.807, 2.05) is 0 Å². The maximum atomic E-state index is 14.2. The maximum Gasteiger partial charge on any atom is 0.416 e. The highest BCUT2D eigenvalue weighted by Gasteiger charge is 2.48. The number of anilines is 1. The lowest BCUT2D eigenvalue weighted by molar-refractivity contribution is -0.206. The number of ether oxygens (including phenoxy) is 1. The summed E-state index contributed by atoms with van der Waals surface area (Å²) in [5, 5.41) is 18.0. The number of H-pyrrole nitrogens is 1. The number of aliphatic hydroxyl groups excluding tert-OH is 1. The van der Waals surface area contributed by atoms with Crippen molar-refractivity contribution in [2.75, 3.05) is 18.0 Å². The molecule has 152 valence electrons. The fourth-order valence-corrected chi connectivity index (χ4v) is 4.38. The number of halogens is 5. The van der Waals surface area contributed by atoms with Gasteiger partial charge >= 0.3 is 12.3 Å². The van der Waals surface area contributed by atoms with Crippen LogP contribution in [-0.2, 0) is 0 Å². The maximum absolute atomic E-state index is 14.2. The molecule has 0 aliphatic carbocycles. The fourth-order valence-electron chi connectivity index (χ4n) is 3.25. The highest BCUT2D eigenvalue weighted by molar-refractivity contribution is 7.18. The summed E-state index contributed by atoms with van der Waals surface area (Å²) in [7, 11) is 0.